The summed E-state index contributed by atoms with van der Waals surface area (Å²) in [6.45, 7) is 4.30. The van der Waals surface area contributed by atoms with Crippen LogP contribution in [0.4, 0.5) is 0 Å². The molecule has 1 aliphatic heterocycles. The highest BCUT2D eigenvalue weighted by molar-refractivity contribution is 6.46. The number of likely N-dealkylation sites (tertiary alicyclic amines) is 1. The number of carboxylic acid groups (broad SMARTS) is 1. The highest BCUT2D eigenvalue weighted by Crippen LogP contribution is 2.40. The molecule has 31 heavy (non-hydrogen) atoms. The van der Waals surface area contributed by atoms with Crippen molar-refractivity contribution in [3.05, 3.63) is 70.8 Å². The topological polar surface area (TPSA) is 107 Å². The van der Waals surface area contributed by atoms with E-state index in [2.05, 4.69) is 0 Å². The number of Topliss-reactive ketones (excluding diaryl/α,β-unsaturated/α-hetero) is 1. The van der Waals surface area contributed by atoms with Crippen LogP contribution in [0, 0.1) is 6.92 Å². The van der Waals surface area contributed by atoms with Crippen molar-refractivity contribution < 1.29 is 29.3 Å². The molecule has 1 saturated heterocycles. The molecule has 0 bridgehead atoms. The summed E-state index contributed by atoms with van der Waals surface area (Å²) in [6, 6.07) is 13.1. The summed E-state index contributed by atoms with van der Waals surface area (Å²) in [5.41, 5.74) is 2.01. The molecule has 0 saturated carbocycles. The van der Waals surface area contributed by atoms with Crippen LogP contribution in [0.3, 0.4) is 0 Å². The number of aryl methyl sites for hydroxylation is 1. The predicted octanol–water partition coefficient (Wildman–Crippen LogP) is 2.35. The Morgan fingerprint density at radius 2 is 1.74 bits per heavy atom. The number of rotatable bonds is 8. The van der Waals surface area contributed by atoms with Crippen LogP contribution in [0.25, 0.3) is 5.76 Å². The Kier molecular flexibility index (Phi) is 6.74. The number of carbonyl (C=O) groups is 3. The van der Waals surface area contributed by atoms with Crippen molar-refractivity contribution in [2.45, 2.75) is 32.7 Å². The Morgan fingerprint density at radius 1 is 1.10 bits per heavy atom. The van der Waals surface area contributed by atoms with E-state index in [1.807, 2.05) is 13.8 Å². The second-order valence-electron chi connectivity index (χ2n) is 7.34. The van der Waals surface area contributed by atoms with Gasteiger partial charge in [-0.1, -0.05) is 42.0 Å². The Bertz CT molecular complexity index is 1010. The average Bonchev–Trinajstić information content (AvgIpc) is 2.99. The monoisotopic (exact) mass is 422 g/mol. The number of aliphatic carboxylic acids is 1. The molecule has 2 aromatic carbocycles. The van der Waals surface area contributed by atoms with Gasteiger partial charge in [0.05, 0.1) is 18.2 Å². The molecule has 1 amide bonds. The maximum absolute atomic E-state index is 12.9. The first-order valence-electron chi connectivity index (χ1n) is 10.1. The van der Waals surface area contributed by atoms with Crippen LogP contribution in [-0.2, 0) is 14.4 Å². The molecule has 0 unspecified atom stereocenters. The van der Waals surface area contributed by atoms with Gasteiger partial charge in [0.25, 0.3) is 11.7 Å². The van der Waals surface area contributed by atoms with E-state index in [4.69, 9.17) is 4.74 Å². The summed E-state index contributed by atoms with van der Waals surface area (Å²) < 4.78 is 5.46. The molecule has 1 fully saturated rings. The van der Waals surface area contributed by atoms with Gasteiger partial charge in [-0.15, -0.1) is 0 Å². The van der Waals surface area contributed by atoms with Crippen molar-refractivity contribution in [3.8, 4) is 5.75 Å². The number of amides is 1. The van der Waals surface area contributed by atoms with Crippen molar-refractivity contribution in [2.24, 2.45) is 0 Å². The lowest BCUT2D eigenvalue weighted by Gasteiger charge is -2.25. The Labute approximate surface area is 180 Å². The van der Waals surface area contributed by atoms with Crippen molar-refractivity contribution in [2.75, 3.05) is 13.2 Å². The highest BCUT2D eigenvalue weighted by Gasteiger charge is 2.45. The third kappa shape index (κ3) is 4.77. The SMILES string of the molecule is CCOc1ccc([C@@H]2C(=C(O)c3ccc(C)cc3)C(=O)C(=O)N2CCCC(=O)[O-])cc1. The first-order chi connectivity index (χ1) is 14.8. The van der Waals surface area contributed by atoms with Crippen molar-refractivity contribution in [1.82, 2.24) is 4.90 Å². The van der Waals surface area contributed by atoms with Crippen LogP contribution < -0.4 is 9.84 Å². The summed E-state index contributed by atoms with van der Waals surface area (Å²) in [5.74, 6) is -2.43. The highest BCUT2D eigenvalue weighted by atomic mass is 16.5. The van der Waals surface area contributed by atoms with Crippen molar-refractivity contribution >= 4 is 23.4 Å². The van der Waals surface area contributed by atoms with E-state index < -0.39 is 23.7 Å². The number of carboxylic acids is 1. The summed E-state index contributed by atoms with van der Waals surface area (Å²) in [5, 5.41) is 21.8. The van der Waals surface area contributed by atoms with E-state index in [1.165, 1.54) is 4.90 Å². The van der Waals surface area contributed by atoms with Gasteiger partial charge in [0.1, 0.15) is 11.5 Å². The van der Waals surface area contributed by atoms with Crippen LogP contribution in [-0.4, -0.2) is 40.8 Å². The summed E-state index contributed by atoms with van der Waals surface area (Å²) in [6.07, 6.45) is -0.107. The van der Waals surface area contributed by atoms with Gasteiger partial charge in [0.2, 0.25) is 0 Å². The average molecular weight is 422 g/mol. The maximum atomic E-state index is 12.9. The number of ether oxygens (including phenoxy) is 1. The number of aliphatic hydroxyl groups is 1. The number of ketones is 1. The fourth-order valence-electron chi connectivity index (χ4n) is 3.63. The molecule has 1 N–H and O–H groups in total. The molecule has 0 aliphatic carbocycles. The zero-order valence-corrected chi connectivity index (χ0v) is 17.5. The molecule has 1 aliphatic rings. The summed E-state index contributed by atoms with van der Waals surface area (Å²) in [4.78, 5) is 37.8. The molecular formula is C24H24NO6-. The number of benzene rings is 2. The van der Waals surface area contributed by atoms with E-state index >= 15 is 0 Å². The third-order valence-electron chi connectivity index (χ3n) is 5.15. The van der Waals surface area contributed by atoms with Crippen LogP contribution >= 0.6 is 0 Å². The normalized spacial score (nSPS) is 17.7. The van der Waals surface area contributed by atoms with Crippen molar-refractivity contribution in [3.63, 3.8) is 0 Å². The zero-order valence-electron chi connectivity index (χ0n) is 17.5. The standard InChI is InChI=1S/C24H25NO6/c1-3-31-18-12-10-16(11-13-18)21-20(22(28)17-8-6-15(2)7-9-17)23(29)24(30)25(21)14-4-5-19(26)27/h6-13,21,28H,3-5,14H2,1-2H3,(H,26,27)/p-1/t21-/m1/s1. The van der Waals surface area contributed by atoms with Gasteiger partial charge < -0.3 is 24.6 Å². The second-order valence-corrected chi connectivity index (χ2v) is 7.34. The molecule has 1 atom stereocenters. The molecule has 2 aromatic rings. The van der Waals surface area contributed by atoms with E-state index in [9.17, 15) is 24.6 Å². The minimum absolute atomic E-state index is 0.0218. The summed E-state index contributed by atoms with van der Waals surface area (Å²) >= 11 is 0. The molecule has 162 valence electrons. The van der Waals surface area contributed by atoms with E-state index in [0.29, 0.717) is 23.5 Å². The molecule has 0 aromatic heterocycles. The van der Waals surface area contributed by atoms with Gasteiger partial charge in [-0.05, 0) is 44.4 Å². The lowest BCUT2D eigenvalue weighted by atomic mass is 9.95. The van der Waals surface area contributed by atoms with E-state index in [0.717, 1.165) is 5.56 Å². The zero-order chi connectivity index (χ0) is 22.5. The Balaban J connectivity index is 2.06. The number of hydrogen-bond acceptors (Lipinski definition) is 6. The van der Waals surface area contributed by atoms with Gasteiger partial charge in [-0.2, -0.15) is 0 Å². The van der Waals surface area contributed by atoms with E-state index in [-0.39, 0.29) is 30.7 Å². The Morgan fingerprint density at radius 3 is 2.32 bits per heavy atom. The minimum Gasteiger partial charge on any atom is -0.550 e. The molecule has 0 spiro atoms. The van der Waals surface area contributed by atoms with Crippen LogP contribution in [0.5, 0.6) is 5.75 Å². The van der Waals surface area contributed by atoms with Crippen LogP contribution in [0.2, 0.25) is 0 Å². The number of nitrogens with zero attached hydrogens (tertiary/aromatic N) is 1. The maximum Gasteiger partial charge on any atom is 0.295 e. The molecule has 0 radical (unpaired) electrons. The minimum atomic E-state index is -1.23. The smallest absolute Gasteiger partial charge is 0.295 e. The third-order valence-corrected chi connectivity index (χ3v) is 5.15. The largest absolute Gasteiger partial charge is 0.550 e. The molecule has 3 rings (SSSR count). The molecule has 7 nitrogen and oxygen atoms in total. The van der Waals surface area contributed by atoms with Gasteiger partial charge in [-0.3, -0.25) is 9.59 Å². The Hall–Kier alpha value is -3.61. The first-order valence-corrected chi connectivity index (χ1v) is 10.1. The number of carbonyl (C=O) groups excluding carboxylic acids is 3. The first kappa shape index (κ1) is 22.1. The molecule has 1 heterocycles. The second kappa shape index (κ2) is 9.47. The lowest BCUT2D eigenvalue weighted by Crippen LogP contribution is -2.32. The summed E-state index contributed by atoms with van der Waals surface area (Å²) in [7, 11) is 0. The van der Waals surface area contributed by atoms with Gasteiger partial charge in [0, 0.05) is 18.1 Å². The van der Waals surface area contributed by atoms with E-state index in [1.54, 1.807) is 48.5 Å². The van der Waals surface area contributed by atoms with Crippen LogP contribution in [0.15, 0.2) is 54.1 Å². The number of aliphatic hydroxyl groups excluding tert-OH is 1. The quantitative estimate of drug-likeness (QED) is 0.398. The van der Waals surface area contributed by atoms with Crippen molar-refractivity contribution in [1.29, 1.82) is 0 Å². The lowest BCUT2D eigenvalue weighted by molar-refractivity contribution is -0.305. The molecule has 7 heteroatoms. The number of hydrogen-bond donors (Lipinski definition) is 1. The van der Waals surface area contributed by atoms with Gasteiger partial charge in [-0.25, -0.2) is 0 Å². The van der Waals surface area contributed by atoms with Crippen LogP contribution in [0.1, 0.15) is 42.5 Å². The fraction of sp³-hybridized carbons (Fsp3) is 0.292. The van der Waals surface area contributed by atoms with Gasteiger partial charge in [0.15, 0.2) is 0 Å². The molecular weight excluding hydrogens is 398 g/mol. The fourth-order valence-corrected chi connectivity index (χ4v) is 3.63. The van der Waals surface area contributed by atoms with Gasteiger partial charge >= 0.3 is 0 Å². The predicted molar refractivity (Wildman–Crippen MR) is 112 cm³/mol.